The summed E-state index contributed by atoms with van der Waals surface area (Å²) in [6.07, 6.45) is 0.135. The molecule has 2 aliphatic rings. The Kier molecular flexibility index (Phi) is 7.10. The number of thioether (sulfide) groups is 1. The van der Waals surface area contributed by atoms with Gasteiger partial charge < -0.3 is 10.1 Å². The van der Waals surface area contributed by atoms with Crippen LogP contribution >= 0.6 is 62.5 Å². The van der Waals surface area contributed by atoms with Gasteiger partial charge in [0, 0.05) is 10.2 Å². The Morgan fingerprint density at radius 1 is 1.34 bits per heavy atom. The predicted octanol–water partition coefficient (Wildman–Crippen LogP) is 3.58. The molecule has 0 aliphatic carbocycles. The summed E-state index contributed by atoms with van der Waals surface area (Å²) in [5, 5.41) is 2.38. The molecule has 1 aromatic rings. The van der Waals surface area contributed by atoms with Crippen molar-refractivity contribution in [3.05, 3.63) is 45.6 Å². The molecule has 2 amide bonds. The van der Waals surface area contributed by atoms with Gasteiger partial charge in [0.2, 0.25) is 9.70 Å². The van der Waals surface area contributed by atoms with Gasteiger partial charge in [-0.15, -0.1) is 11.8 Å². The number of amides is 2. The van der Waals surface area contributed by atoms with E-state index >= 15 is 0 Å². The maximum Gasteiger partial charge on any atom is 0.355 e. The van der Waals surface area contributed by atoms with Crippen LogP contribution in [-0.2, 0) is 25.5 Å². The number of carbonyl (C=O) groups excluding carboxylic acids is 3. The van der Waals surface area contributed by atoms with Crippen LogP contribution in [0.15, 0.2) is 40.0 Å². The summed E-state index contributed by atoms with van der Waals surface area (Å²) in [6, 6.07) is 6.66. The number of rotatable bonds is 5. The molecule has 2 heterocycles. The monoisotopic (exact) mass is 540 g/mol. The summed E-state index contributed by atoms with van der Waals surface area (Å²) in [7, 11) is 0. The molecule has 0 bridgehead atoms. The maximum absolute atomic E-state index is 12.7. The Bertz CT molecular complexity index is 890. The van der Waals surface area contributed by atoms with Crippen LogP contribution in [0, 0.1) is 0 Å². The van der Waals surface area contributed by atoms with Gasteiger partial charge in [-0.3, -0.25) is 14.5 Å². The van der Waals surface area contributed by atoms with Crippen LogP contribution in [0.1, 0.15) is 12.5 Å². The van der Waals surface area contributed by atoms with Crippen LogP contribution in [0.4, 0.5) is 0 Å². The second kappa shape index (κ2) is 9.06. The fourth-order valence-corrected chi connectivity index (χ4v) is 4.90. The van der Waals surface area contributed by atoms with E-state index in [4.69, 9.17) is 39.5 Å². The lowest BCUT2D eigenvalue weighted by Gasteiger charge is -2.49. The number of halogens is 4. The Balaban J connectivity index is 1.65. The highest BCUT2D eigenvalue weighted by Crippen LogP contribution is 2.40. The number of fused-ring (bicyclic) bond motifs is 1. The molecule has 3 rings (SSSR count). The van der Waals surface area contributed by atoms with Crippen molar-refractivity contribution in [2.45, 2.75) is 28.6 Å². The van der Waals surface area contributed by atoms with E-state index in [9.17, 15) is 14.4 Å². The van der Waals surface area contributed by atoms with Crippen molar-refractivity contribution in [1.82, 2.24) is 10.2 Å². The van der Waals surface area contributed by atoms with Crippen LogP contribution in [-0.4, -0.2) is 50.3 Å². The number of nitrogens with zero attached hydrogens (tertiary/aromatic N) is 1. The van der Waals surface area contributed by atoms with E-state index in [0.29, 0.717) is 11.3 Å². The fourth-order valence-electron chi connectivity index (χ4n) is 3.02. The first-order chi connectivity index (χ1) is 13.6. The van der Waals surface area contributed by atoms with Gasteiger partial charge in [-0.25, -0.2) is 4.79 Å². The summed E-state index contributed by atoms with van der Waals surface area (Å²) in [6.45, 7) is 1.31. The van der Waals surface area contributed by atoms with Crippen LogP contribution in [0.5, 0.6) is 0 Å². The molecule has 0 spiro atoms. The lowest BCUT2D eigenvalue weighted by atomic mass is 10.0. The van der Waals surface area contributed by atoms with Crippen molar-refractivity contribution in [2.24, 2.45) is 0 Å². The highest BCUT2D eigenvalue weighted by molar-refractivity contribution is 9.10. The molecule has 11 heteroatoms. The van der Waals surface area contributed by atoms with E-state index in [2.05, 4.69) is 21.2 Å². The maximum atomic E-state index is 12.7. The first-order valence-electron chi connectivity index (χ1n) is 8.49. The van der Waals surface area contributed by atoms with Crippen LogP contribution in [0.25, 0.3) is 0 Å². The first kappa shape index (κ1) is 22.7. The third-order valence-electron chi connectivity index (χ3n) is 4.34. The molecule has 29 heavy (non-hydrogen) atoms. The zero-order chi connectivity index (χ0) is 21.3. The van der Waals surface area contributed by atoms with Crippen molar-refractivity contribution in [3.8, 4) is 0 Å². The molecule has 0 radical (unpaired) electrons. The minimum Gasteiger partial charge on any atom is -0.456 e. The summed E-state index contributed by atoms with van der Waals surface area (Å²) in [4.78, 5) is 38.9. The number of nitrogens with one attached hydrogen (secondary N) is 1. The Labute approximate surface area is 195 Å². The predicted molar refractivity (Wildman–Crippen MR) is 117 cm³/mol. The minimum absolute atomic E-state index is 0.135. The van der Waals surface area contributed by atoms with Crippen LogP contribution in [0.2, 0.25) is 0 Å². The van der Waals surface area contributed by atoms with Crippen molar-refractivity contribution in [3.63, 3.8) is 0 Å². The van der Waals surface area contributed by atoms with Crippen molar-refractivity contribution < 1.29 is 19.1 Å². The van der Waals surface area contributed by atoms with E-state index < -0.39 is 22.4 Å². The zero-order valence-electron chi connectivity index (χ0n) is 15.1. The number of alkyl halides is 3. The fraction of sp³-hybridized carbons (Fsp3) is 0.389. The van der Waals surface area contributed by atoms with Gasteiger partial charge in [-0.1, -0.05) is 68.9 Å². The topological polar surface area (TPSA) is 75.7 Å². The average Bonchev–Trinajstić information content (AvgIpc) is 2.65. The number of hydrogen-bond acceptors (Lipinski definition) is 5. The minimum atomic E-state index is -1.74. The highest BCUT2D eigenvalue weighted by atomic mass is 79.9. The van der Waals surface area contributed by atoms with Crippen LogP contribution in [0.3, 0.4) is 0 Å². The van der Waals surface area contributed by atoms with E-state index in [-0.39, 0.29) is 29.3 Å². The molecule has 0 unspecified atom stereocenters. The first-order valence-corrected chi connectivity index (χ1v) is 11.5. The Morgan fingerprint density at radius 2 is 2.03 bits per heavy atom. The summed E-state index contributed by atoms with van der Waals surface area (Å²) >= 11 is 21.7. The molecule has 2 atom stereocenters. The summed E-state index contributed by atoms with van der Waals surface area (Å²) in [5.41, 5.74) is 1.65. The molecule has 0 saturated carbocycles. The number of β-lactam (4-membered cyclic amide) rings is 1. The third kappa shape index (κ3) is 5.22. The molecule has 0 aromatic heterocycles. The van der Waals surface area contributed by atoms with Gasteiger partial charge in [0.25, 0.3) is 5.91 Å². The lowest BCUT2D eigenvalue weighted by Crippen LogP contribution is -2.70. The van der Waals surface area contributed by atoms with E-state index in [1.54, 1.807) is 6.92 Å². The standard InChI is InChI=1S/C18H16BrCl3N2O4S/c1-9-7-29-16-13(23-12(25)6-10-4-2-3-5-11(10)19)15(26)24(16)14(9)17(27)28-8-18(20,21)22/h2-5,13,16H,6-8H2,1H3,(H,23,25)/t13-,16+/m1/s1. The van der Waals surface area contributed by atoms with Gasteiger partial charge in [-0.05, 0) is 24.1 Å². The van der Waals surface area contributed by atoms with Gasteiger partial charge in [-0.2, -0.15) is 0 Å². The molecular formula is C18H16BrCl3N2O4S. The van der Waals surface area contributed by atoms with Crippen LogP contribution < -0.4 is 5.32 Å². The Hall–Kier alpha value is -0.930. The second-order valence-corrected chi connectivity index (χ2v) is 11.0. The van der Waals surface area contributed by atoms with Crippen molar-refractivity contribution >= 4 is 80.3 Å². The molecule has 6 nitrogen and oxygen atoms in total. The highest BCUT2D eigenvalue weighted by Gasteiger charge is 2.54. The summed E-state index contributed by atoms with van der Waals surface area (Å²) < 4.78 is 4.12. The number of carbonyl (C=O) groups is 3. The van der Waals surface area contributed by atoms with Crippen molar-refractivity contribution in [1.29, 1.82) is 0 Å². The van der Waals surface area contributed by atoms with Gasteiger partial charge in [0.05, 0.1) is 6.42 Å². The molecule has 1 N–H and O–H groups in total. The SMILES string of the molecule is CC1=C(C(=O)OCC(Cl)(Cl)Cl)N2C(=O)[C@@H](NC(=O)Cc3ccccc3Br)[C@@H]2SC1. The number of esters is 1. The second-order valence-electron chi connectivity index (χ2n) is 6.54. The molecule has 1 fully saturated rings. The summed E-state index contributed by atoms with van der Waals surface area (Å²) in [5.74, 6) is -0.862. The molecule has 1 aromatic carbocycles. The molecule has 1 saturated heterocycles. The average molecular weight is 543 g/mol. The Morgan fingerprint density at radius 3 is 2.69 bits per heavy atom. The van der Waals surface area contributed by atoms with E-state index in [1.807, 2.05) is 24.3 Å². The molecular weight excluding hydrogens is 527 g/mol. The van der Waals surface area contributed by atoms with Gasteiger partial charge >= 0.3 is 5.97 Å². The number of hydrogen-bond donors (Lipinski definition) is 1. The van der Waals surface area contributed by atoms with E-state index in [0.717, 1.165) is 10.0 Å². The third-order valence-corrected chi connectivity index (χ3v) is 6.87. The smallest absolute Gasteiger partial charge is 0.355 e. The molecule has 156 valence electrons. The van der Waals surface area contributed by atoms with Gasteiger partial charge in [0.15, 0.2) is 0 Å². The quantitative estimate of drug-likeness (QED) is 0.350. The zero-order valence-corrected chi connectivity index (χ0v) is 19.8. The molecule has 2 aliphatic heterocycles. The van der Waals surface area contributed by atoms with Crippen molar-refractivity contribution in [2.75, 3.05) is 12.4 Å². The van der Waals surface area contributed by atoms with E-state index in [1.165, 1.54) is 16.7 Å². The normalized spacial score (nSPS) is 21.4. The lowest BCUT2D eigenvalue weighted by molar-refractivity contribution is -0.152. The van der Waals surface area contributed by atoms with Gasteiger partial charge in [0.1, 0.15) is 23.7 Å². The largest absolute Gasteiger partial charge is 0.456 e. The number of benzene rings is 1. The number of ether oxygens (including phenoxy) is 1.